The molecular weight excluding hydrogens is 154 g/mol. The number of nitrogen functional groups attached to an aromatic ring is 1. The predicted octanol–water partition coefficient (Wildman–Crippen LogP) is -0.388. The Hall–Kier alpha value is -1.10. The molecular formula is C7H13N5. The summed E-state index contributed by atoms with van der Waals surface area (Å²) in [4.78, 5) is 1.65. The normalized spacial score (nSPS) is 23.2. The maximum Gasteiger partial charge on any atom is 0.165 e. The molecule has 2 heterocycles. The fourth-order valence-corrected chi connectivity index (χ4v) is 1.51. The van der Waals surface area contributed by atoms with Gasteiger partial charge in [0.15, 0.2) is 5.82 Å². The molecule has 1 aromatic heterocycles. The molecule has 1 atom stereocenters. The van der Waals surface area contributed by atoms with Gasteiger partial charge < -0.3 is 11.1 Å². The van der Waals surface area contributed by atoms with Crippen molar-refractivity contribution >= 4 is 5.82 Å². The van der Waals surface area contributed by atoms with Gasteiger partial charge in [-0.1, -0.05) is 0 Å². The molecule has 66 valence electrons. The molecule has 1 aliphatic heterocycles. The van der Waals surface area contributed by atoms with E-state index in [4.69, 9.17) is 5.73 Å². The number of anilines is 1. The van der Waals surface area contributed by atoms with Gasteiger partial charge in [-0.3, -0.25) is 0 Å². The van der Waals surface area contributed by atoms with E-state index in [2.05, 4.69) is 15.5 Å². The molecule has 0 saturated carbocycles. The van der Waals surface area contributed by atoms with Crippen LogP contribution in [-0.2, 0) is 6.54 Å². The van der Waals surface area contributed by atoms with Gasteiger partial charge in [0, 0.05) is 6.04 Å². The molecule has 1 aromatic rings. The fourth-order valence-electron chi connectivity index (χ4n) is 1.51. The van der Waals surface area contributed by atoms with Gasteiger partial charge in [-0.15, -0.1) is 5.10 Å². The zero-order chi connectivity index (χ0) is 8.39. The van der Waals surface area contributed by atoms with Crippen LogP contribution in [0.4, 0.5) is 5.82 Å². The van der Waals surface area contributed by atoms with Gasteiger partial charge in [-0.25, -0.2) is 0 Å². The highest BCUT2D eigenvalue weighted by atomic mass is 15.5. The molecule has 1 saturated heterocycles. The van der Waals surface area contributed by atoms with Gasteiger partial charge in [0.2, 0.25) is 0 Å². The number of hydrogen-bond donors (Lipinski definition) is 2. The molecule has 0 bridgehead atoms. The SMILES string of the molecule is Nc1cnn(CC2CCCN2)n1. The molecule has 2 rings (SSSR count). The Balaban J connectivity index is 1.94. The number of nitrogens with two attached hydrogens (primary N) is 1. The molecule has 12 heavy (non-hydrogen) atoms. The van der Waals surface area contributed by atoms with Crippen molar-refractivity contribution < 1.29 is 0 Å². The van der Waals surface area contributed by atoms with Crippen LogP contribution in [0, 0.1) is 0 Å². The Labute approximate surface area is 70.9 Å². The highest BCUT2D eigenvalue weighted by molar-refractivity contribution is 5.19. The Morgan fingerprint density at radius 2 is 2.67 bits per heavy atom. The van der Waals surface area contributed by atoms with Crippen molar-refractivity contribution in [3.63, 3.8) is 0 Å². The fraction of sp³-hybridized carbons (Fsp3) is 0.714. The molecule has 1 fully saturated rings. The van der Waals surface area contributed by atoms with E-state index in [9.17, 15) is 0 Å². The first-order valence-corrected chi connectivity index (χ1v) is 4.23. The quantitative estimate of drug-likeness (QED) is 0.629. The summed E-state index contributed by atoms with van der Waals surface area (Å²) in [5.41, 5.74) is 5.44. The van der Waals surface area contributed by atoms with Crippen LogP contribution in [-0.4, -0.2) is 27.6 Å². The van der Waals surface area contributed by atoms with E-state index in [1.165, 1.54) is 12.8 Å². The number of nitrogens with one attached hydrogen (secondary N) is 1. The minimum atomic E-state index is 0.494. The first-order chi connectivity index (χ1) is 5.84. The van der Waals surface area contributed by atoms with Crippen molar-refractivity contribution in [2.75, 3.05) is 12.3 Å². The summed E-state index contributed by atoms with van der Waals surface area (Å²) in [6.07, 6.45) is 4.04. The average molecular weight is 167 g/mol. The van der Waals surface area contributed by atoms with E-state index in [1.54, 1.807) is 11.0 Å². The molecule has 0 amide bonds. The van der Waals surface area contributed by atoms with Gasteiger partial charge in [0.05, 0.1) is 12.7 Å². The largest absolute Gasteiger partial charge is 0.381 e. The average Bonchev–Trinajstić information content (AvgIpc) is 2.63. The van der Waals surface area contributed by atoms with Crippen LogP contribution in [0.1, 0.15) is 12.8 Å². The third kappa shape index (κ3) is 1.55. The van der Waals surface area contributed by atoms with E-state index in [0.717, 1.165) is 13.1 Å². The van der Waals surface area contributed by atoms with Crippen molar-refractivity contribution in [3.05, 3.63) is 6.20 Å². The number of aromatic nitrogens is 3. The summed E-state index contributed by atoms with van der Waals surface area (Å²) in [7, 11) is 0. The molecule has 1 aliphatic rings. The minimum Gasteiger partial charge on any atom is -0.381 e. The monoisotopic (exact) mass is 167 g/mol. The molecule has 5 nitrogen and oxygen atoms in total. The van der Waals surface area contributed by atoms with E-state index < -0.39 is 0 Å². The van der Waals surface area contributed by atoms with Crippen LogP contribution >= 0.6 is 0 Å². The maximum absolute atomic E-state index is 5.44. The number of hydrogen-bond acceptors (Lipinski definition) is 4. The first-order valence-electron chi connectivity index (χ1n) is 4.23. The standard InChI is InChI=1S/C7H13N5/c8-7-4-10-12(11-7)5-6-2-1-3-9-6/h4,6,9H,1-3,5H2,(H2,8,11). The highest BCUT2D eigenvalue weighted by Crippen LogP contribution is 2.06. The molecule has 0 spiro atoms. The lowest BCUT2D eigenvalue weighted by atomic mass is 10.2. The van der Waals surface area contributed by atoms with Crippen molar-refractivity contribution in [2.45, 2.75) is 25.4 Å². The first kappa shape index (κ1) is 7.54. The van der Waals surface area contributed by atoms with Crippen LogP contribution in [0.5, 0.6) is 0 Å². The van der Waals surface area contributed by atoms with E-state index in [-0.39, 0.29) is 0 Å². The Morgan fingerprint density at radius 3 is 3.25 bits per heavy atom. The highest BCUT2D eigenvalue weighted by Gasteiger charge is 2.14. The van der Waals surface area contributed by atoms with Crippen molar-refractivity contribution in [2.24, 2.45) is 0 Å². The molecule has 3 N–H and O–H groups in total. The van der Waals surface area contributed by atoms with Gasteiger partial charge in [0.1, 0.15) is 0 Å². The number of rotatable bonds is 2. The van der Waals surface area contributed by atoms with Gasteiger partial charge in [0.25, 0.3) is 0 Å². The predicted molar refractivity (Wildman–Crippen MR) is 45.5 cm³/mol. The summed E-state index contributed by atoms with van der Waals surface area (Å²) in [6, 6.07) is 0.525. The van der Waals surface area contributed by atoms with Crippen molar-refractivity contribution in [3.8, 4) is 0 Å². The van der Waals surface area contributed by atoms with Crippen LogP contribution < -0.4 is 11.1 Å². The van der Waals surface area contributed by atoms with Crippen LogP contribution in [0.2, 0.25) is 0 Å². The van der Waals surface area contributed by atoms with Gasteiger partial charge >= 0.3 is 0 Å². The Morgan fingerprint density at radius 1 is 1.75 bits per heavy atom. The minimum absolute atomic E-state index is 0.494. The Kier molecular flexibility index (Phi) is 1.95. The van der Waals surface area contributed by atoms with Crippen LogP contribution in [0.25, 0.3) is 0 Å². The second-order valence-electron chi connectivity index (χ2n) is 3.12. The van der Waals surface area contributed by atoms with E-state index in [1.807, 2.05) is 0 Å². The molecule has 0 radical (unpaired) electrons. The van der Waals surface area contributed by atoms with Crippen LogP contribution in [0.3, 0.4) is 0 Å². The summed E-state index contributed by atoms with van der Waals surface area (Å²) in [5, 5.41) is 11.4. The molecule has 5 heteroatoms. The van der Waals surface area contributed by atoms with Crippen molar-refractivity contribution in [1.82, 2.24) is 20.3 Å². The second kappa shape index (κ2) is 3.10. The number of nitrogens with zero attached hydrogens (tertiary/aromatic N) is 3. The molecule has 1 unspecified atom stereocenters. The Bertz CT molecular complexity index is 250. The van der Waals surface area contributed by atoms with Gasteiger partial charge in [-0.05, 0) is 19.4 Å². The summed E-state index contributed by atoms with van der Waals surface area (Å²) >= 11 is 0. The van der Waals surface area contributed by atoms with Crippen LogP contribution in [0.15, 0.2) is 6.20 Å². The summed E-state index contributed by atoms with van der Waals surface area (Å²) < 4.78 is 0. The zero-order valence-corrected chi connectivity index (χ0v) is 6.90. The van der Waals surface area contributed by atoms with E-state index in [0.29, 0.717) is 11.9 Å². The third-order valence-corrected chi connectivity index (χ3v) is 2.10. The second-order valence-corrected chi connectivity index (χ2v) is 3.12. The molecule has 0 aliphatic carbocycles. The summed E-state index contributed by atoms with van der Waals surface area (Å²) in [6.45, 7) is 1.94. The molecule has 0 aromatic carbocycles. The maximum atomic E-state index is 5.44. The zero-order valence-electron chi connectivity index (χ0n) is 6.90. The smallest absolute Gasteiger partial charge is 0.165 e. The third-order valence-electron chi connectivity index (χ3n) is 2.10. The van der Waals surface area contributed by atoms with Gasteiger partial charge in [-0.2, -0.15) is 9.90 Å². The lowest BCUT2D eigenvalue weighted by Crippen LogP contribution is -2.27. The lowest BCUT2D eigenvalue weighted by molar-refractivity contribution is 0.437. The lowest BCUT2D eigenvalue weighted by Gasteiger charge is -2.07. The van der Waals surface area contributed by atoms with E-state index >= 15 is 0 Å². The summed E-state index contributed by atoms with van der Waals surface area (Å²) in [5.74, 6) is 0.494. The van der Waals surface area contributed by atoms with Crippen molar-refractivity contribution in [1.29, 1.82) is 0 Å². The topological polar surface area (TPSA) is 68.8 Å².